The van der Waals surface area contributed by atoms with E-state index in [9.17, 15) is 13.2 Å². The molecular weight excluding hydrogens is 246 g/mol. The van der Waals surface area contributed by atoms with Gasteiger partial charge in [-0.15, -0.1) is 0 Å². The first-order valence-electron chi connectivity index (χ1n) is 5.68. The van der Waals surface area contributed by atoms with Gasteiger partial charge in [-0.05, 0) is 26.7 Å². The second-order valence-corrected chi connectivity index (χ2v) is 5.69. The number of nitrogens with one attached hydrogen (secondary N) is 1. The second kappa shape index (κ2) is 8.43. The summed E-state index contributed by atoms with van der Waals surface area (Å²) in [4.78, 5) is 11.0. The van der Waals surface area contributed by atoms with Crippen molar-refractivity contribution in [1.82, 2.24) is 4.72 Å². The fraction of sp³-hybridized carbons (Fsp3) is 0.900. The fourth-order valence-electron chi connectivity index (χ4n) is 1.15. The first-order valence-corrected chi connectivity index (χ1v) is 7.33. The van der Waals surface area contributed by atoms with Gasteiger partial charge in [0.25, 0.3) is 0 Å². The van der Waals surface area contributed by atoms with E-state index in [1.54, 1.807) is 13.8 Å². The molecule has 0 aromatic heterocycles. The molecule has 0 aliphatic heterocycles. The molecule has 102 valence electrons. The number of carbonyl (C=O) groups excluding carboxylic acids is 1. The Hall–Kier alpha value is -0.660. The van der Waals surface area contributed by atoms with E-state index in [2.05, 4.69) is 9.46 Å². The van der Waals surface area contributed by atoms with Crippen LogP contribution in [0.2, 0.25) is 0 Å². The lowest BCUT2D eigenvalue weighted by Gasteiger charge is -2.07. The number of ether oxygens (including phenoxy) is 1. The maximum Gasteiger partial charge on any atom is 0.306 e. The van der Waals surface area contributed by atoms with Gasteiger partial charge in [-0.2, -0.15) is 0 Å². The average Bonchev–Trinajstić information content (AvgIpc) is 2.22. The fourth-order valence-corrected chi connectivity index (χ4v) is 2.18. The summed E-state index contributed by atoms with van der Waals surface area (Å²) in [6.07, 6.45) is 0.537. The highest BCUT2D eigenvalue weighted by Gasteiger charge is 2.13. The minimum Gasteiger partial charge on any atom is -0.466 e. The third-order valence-corrected chi connectivity index (χ3v) is 3.39. The normalized spacial score (nSPS) is 13.4. The van der Waals surface area contributed by atoms with Crippen molar-refractivity contribution >= 4 is 16.0 Å². The molecule has 0 saturated heterocycles. The Morgan fingerprint density at radius 2 is 2.12 bits per heavy atom. The molecular formula is C10H21NO5S. The molecule has 2 N–H and O–H groups in total. The predicted molar refractivity (Wildman–Crippen MR) is 64.0 cm³/mol. The Morgan fingerprint density at radius 3 is 2.65 bits per heavy atom. The van der Waals surface area contributed by atoms with Gasteiger partial charge in [0.2, 0.25) is 10.0 Å². The largest absolute Gasteiger partial charge is 0.466 e. The molecule has 0 bridgehead atoms. The number of sulfonamides is 1. The third-order valence-electron chi connectivity index (χ3n) is 2.00. The summed E-state index contributed by atoms with van der Waals surface area (Å²) in [5.74, 6) is -0.776. The quantitative estimate of drug-likeness (QED) is 0.454. The highest BCUT2D eigenvalue weighted by molar-refractivity contribution is 7.89. The lowest BCUT2D eigenvalue weighted by Crippen LogP contribution is -2.29. The zero-order valence-electron chi connectivity index (χ0n) is 10.3. The monoisotopic (exact) mass is 267 g/mol. The van der Waals surface area contributed by atoms with E-state index in [0.29, 0.717) is 12.8 Å². The van der Waals surface area contributed by atoms with Crippen LogP contribution in [0.3, 0.4) is 0 Å². The van der Waals surface area contributed by atoms with Crippen molar-refractivity contribution in [3.8, 4) is 0 Å². The summed E-state index contributed by atoms with van der Waals surface area (Å²) < 4.78 is 29.8. The molecule has 0 spiro atoms. The van der Waals surface area contributed by atoms with Crippen molar-refractivity contribution in [2.24, 2.45) is 0 Å². The number of carbonyl (C=O) groups is 1. The van der Waals surface area contributed by atoms with Crippen molar-refractivity contribution in [3.05, 3.63) is 0 Å². The summed E-state index contributed by atoms with van der Waals surface area (Å²) in [5, 5.41) is 8.98. The van der Waals surface area contributed by atoms with Crippen LogP contribution in [0.5, 0.6) is 0 Å². The Morgan fingerprint density at radius 1 is 1.47 bits per heavy atom. The Bertz CT molecular complexity index is 313. The molecule has 0 aromatic carbocycles. The van der Waals surface area contributed by atoms with Gasteiger partial charge in [0, 0.05) is 6.54 Å². The molecule has 7 heteroatoms. The minimum absolute atomic E-state index is 0.139. The molecule has 1 unspecified atom stereocenters. The number of aliphatic hydroxyl groups excluding tert-OH is 1. The van der Waals surface area contributed by atoms with E-state index in [4.69, 9.17) is 5.11 Å². The van der Waals surface area contributed by atoms with Crippen molar-refractivity contribution < 1.29 is 23.1 Å². The summed E-state index contributed by atoms with van der Waals surface area (Å²) in [5.41, 5.74) is 0. The van der Waals surface area contributed by atoms with E-state index in [-0.39, 0.29) is 25.3 Å². The molecule has 0 aliphatic carbocycles. The molecule has 1 atom stereocenters. The Labute approximate surface area is 102 Å². The maximum atomic E-state index is 11.4. The van der Waals surface area contributed by atoms with E-state index < -0.39 is 22.1 Å². The molecule has 6 nitrogen and oxygen atoms in total. The van der Waals surface area contributed by atoms with Crippen LogP contribution in [-0.2, 0) is 19.6 Å². The predicted octanol–water partition coefficient (Wildman–Crippen LogP) is 0.0200. The standard InChI is InChI=1S/C10H21NO5S/c1-3-16-10(13)6-8-17(14,15)11-7-4-5-9(2)12/h9,11-12H,3-8H2,1-2H3. The third kappa shape index (κ3) is 10.2. The van der Waals surface area contributed by atoms with Gasteiger partial charge in [-0.25, -0.2) is 13.1 Å². The second-order valence-electron chi connectivity index (χ2n) is 3.76. The number of hydrogen-bond donors (Lipinski definition) is 2. The van der Waals surface area contributed by atoms with Crippen LogP contribution < -0.4 is 4.72 Å². The van der Waals surface area contributed by atoms with Gasteiger partial charge in [-0.3, -0.25) is 4.79 Å². The zero-order valence-corrected chi connectivity index (χ0v) is 11.1. The molecule has 0 aliphatic rings. The average molecular weight is 267 g/mol. The Balaban J connectivity index is 3.77. The van der Waals surface area contributed by atoms with E-state index in [1.165, 1.54) is 0 Å². The van der Waals surface area contributed by atoms with Crippen LogP contribution in [0.25, 0.3) is 0 Å². The molecule has 0 amide bonds. The molecule has 17 heavy (non-hydrogen) atoms. The van der Waals surface area contributed by atoms with E-state index in [1.807, 2.05) is 0 Å². The van der Waals surface area contributed by atoms with Gasteiger partial charge in [0.15, 0.2) is 0 Å². The van der Waals surface area contributed by atoms with Crippen molar-refractivity contribution in [2.45, 2.75) is 39.2 Å². The lowest BCUT2D eigenvalue weighted by molar-refractivity contribution is -0.142. The van der Waals surface area contributed by atoms with E-state index in [0.717, 1.165) is 0 Å². The first kappa shape index (κ1) is 16.3. The smallest absolute Gasteiger partial charge is 0.306 e. The van der Waals surface area contributed by atoms with Crippen LogP contribution >= 0.6 is 0 Å². The number of hydrogen-bond acceptors (Lipinski definition) is 5. The zero-order chi connectivity index (χ0) is 13.3. The van der Waals surface area contributed by atoms with Crippen LogP contribution in [-0.4, -0.2) is 44.5 Å². The molecule has 0 radical (unpaired) electrons. The molecule has 0 saturated carbocycles. The summed E-state index contributed by atoms with van der Waals surface area (Å²) >= 11 is 0. The molecule has 0 fully saturated rings. The van der Waals surface area contributed by atoms with Crippen molar-refractivity contribution in [1.29, 1.82) is 0 Å². The Kier molecular flexibility index (Phi) is 8.11. The van der Waals surface area contributed by atoms with Gasteiger partial charge < -0.3 is 9.84 Å². The van der Waals surface area contributed by atoms with Crippen LogP contribution in [0, 0.1) is 0 Å². The van der Waals surface area contributed by atoms with Crippen molar-refractivity contribution in [3.63, 3.8) is 0 Å². The van der Waals surface area contributed by atoms with Gasteiger partial charge in [0.1, 0.15) is 0 Å². The molecule has 0 rings (SSSR count). The van der Waals surface area contributed by atoms with Crippen LogP contribution in [0.4, 0.5) is 0 Å². The molecule has 0 aromatic rings. The first-order chi connectivity index (χ1) is 7.87. The van der Waals surface area contributed by atoms with Crippen LogP contribution in [0.15, 0.2) is 0 Å². The summed E-state index contributed by atoms with van der Waals surface area (Å²) in [6, 6.07) is 0. The number of rotatable bonds is 9. The maximum absolute atomic E-state index is 11.4. The summed E-state index contributed by atoms with van der Waals surface area (Å²) in [7, 11) is -3.43. The minimum atomic E-state index is -3.43. The topological polar surface area (TPSA) is 92.7 Å². The highest BCUT2D eigenvalue weighted by atomic mass is 32.2. The van der Waals surface area contributed by atoms with Gasteiger partial charge in [-0.1, -0.05) is 0 Å². The number of esters is 1. The van der Waals surface area contributed by atoms with Crippen LogP contribution in [0.1, 0.15) is 33.1 Å². The van der Waals surface area contributed by atoms with E-state index >= 15 is 0 Å². The lowest BCUT2D eigenvalue weighted by atomic mass is 10.2. The van der Waals surface area contributed by atoms with Gasteiger partial charge in [0.05, 0.1) is 24.9 Å². The molecule has 0 heterocycles. The summed E-state index contributed by atoms with van der Waals surface area (Å²) in [6.45, 7) is 3.84. The number of aliphatic hydroxyl groups is 1. The van der Waals surface area contributed by atoms with Gasteiger partial charge >= 0.3 is 5.97 Å². The van der Waals surface area contributed by atoms with Crippen molar-refractivity contribution in [2.75, 3.05) is 18.9 Å². The SMILES string of the molecule is CCOC(=O)CCS(=O)(=O)NCCCC(C)O. The highest BCUT2D eigenvalue weighted by Crippen LogP contribution is 1.97.